The molecule has 0 radical (unpaired) electrons. The van der Waals surface area contributed by atoms with Crippen LogP contribution in [-0.2, 0) is 5.41 Å². The van der Waals surface area contributed by atoms with Crippen molar-refractivity contribution in [3.63, 3.8) is 0 Å². The van der Waals surface area contributed by atoms with Crippen LogP contribution < -0.4 is 10.6 Å². The first-order valence-corrected chi connectivity index (χ1v) is 21.8. The van der Waals surface area contributed by atoms with Crippen LogP contribution in [0.15, 0.2) is 242 Å². The summed E-state index contributed by atoms with van der Waals surface area (Å²) < 4.78 is 0. The molecule has 12 rings (SSSR count). The van der Waals surface area contributed by atoms with Gasteiger partial charge in [-0.1, -0.05) is 224 Å². The van der Waals surface area contributed by atoms with E-state index in [2.05, 4.69) is 241 Å². The second kappa shape index (κ2) is 15.3. The van der Waals surface area contributed by atoms with E-state index in [1.165, 1.54) is 77.2 Å². The molecule has 0 saturated carbocycles. The average Bonchev–Trinajstić information content (AvgIpc) is 3.68. The third-order valence-electron chi connectivity index (χ3n) is 13.2. The van der Waals surface area contributed by atoms with Gasteiger partial charge in [0.2, 0.25) is 0 Å². The maximum Gasteiger partial charge on any atom is 0.131 e. The van der Waals surface area contributed by atoms with Crippen molar-refractivity contribution < 1.29 is 0 Å². The standard InChI is InChI=1S/C60H43N3/c1-4-17-44(18-5-1)57-61-58(45-19-6-2-7-20-45)63-59(62-57)53-39-47-22-11-10-21-46(47)38-52(53)43-30-28-40(29-31-43)41-32-35-49(36-33-41)60(48-23-8-3-9-24-48)54-27-15-14-26-51(54)56-50-25-13-12-16-42(50)34-37-55(56)60/h1-39,57,59,62H,(H,61,63). The smallest absolute Gasteiger partial charge is 0.131 e. The molecule has 0 saturated heterocycles. The summed E-state index contributed by atoms with van der Waals surface area (Å²) in [4.78, 5) is 5.19. The van der Waals surface area contributed by atoms with Crippen LogP contribution in [0.3, 0.4) is 0 Å². The maximum absolute atomic E-state index is 5.19. The summed E-state index contributed by atoms with van der Waals surface area (Å²) in [7, 11) is 0. The highest BCUT2D eigenvalue weighted by atomic mass is 15.3. The van der Waals surface area contributed by atoms with Crippen molar-refractivity contribution >= 4 is 27.4 Å². The van der Waals surface area contributed by atoms with Crippen molar-refractivity contribution in [3.05, 3.63) is 276 Å². The zero-order chi connectivity index (χ0) is 41.7. The molecule has 1 heterocycles. The topological polar surface area (TPSA) is 36.4 Å². The Hall–Kier alpha value is -7.85. The third-order valence-corrected chi connectivity index (χ3v) is 13.2. The molecule has 3 nitrogen and oxygen atoms in total. The molecule has 1 aliphatic heterocycles. The Morgan fingerprint density at radius 2 is 0.968 bits per heavy atom. The monoisotopic (exact) mass is 805 g/mol. The van der Waals surface area contributed by atoms with Crippen LogP contribution in [0.1, 0.15) is 51.3 Å². The number of benzene rings is 10. The number of nitrogens with one attached hydrogen (secondary N) is 2. The molecule has 0 spiro atoms. The van der Waals surface area contributed by atoms with E-state index in [0.717, 1.165) is 22.5 Å². The minimum Gasteiger partial charge on any atom is -0.350 e. The molecular weight excluding hydrogens is 763 g/mol. The zero-order valence-electron chi connectivity index (χ0n) is 34.6. The Bertz CT molecular complexity index is 3320. The van der Waals surface area contributed by atoms with E-state index in [9.17, 15) is 0 Å². The molecular formula is C60H43N3. The highest BCUT2D eigenvalue weighted by Crippen LogP contribution is 2.57. The van der Waals surface area contributed by atoms with Gasteiger partial charge in [-0.05, 0) is 100 Å². The van der Waals surface area contributed by atoms with E-state index in [1.807, 2.05) is 6.07 Å². The molecule has 10 aromatic rings. The van der Waals surface area contributed by atoms with Crippen molar-refractivity contribution in [1.82, 2.24) is 10.6 Å². The Morgan fingerprint density at radius 3 is 1.71 bits per heavy atom. The number of fused-ring (bicyclic) bond motifs is 6. The van der Waals surface area contributed by atoms with Gasteiger partial charge in [-0.3, -0.25) is 5.32 Å². The quantitative estimate of drug-likeness (QED) is 0.168. The van der Waals surface area contributed by atoms with Gasteiger partial charge in [-0.2, -0.15) is 0 Å². The van der Waals surface area contributed by atoms with Gasteiger partial charge in [0.25, 0.3) is 0 Å². The molecule has 3 heteroatoms. The Balaban J connectivity index is 0.935. The number of rotatable bonds is 7. The molecule has 3 atom stereocenters. The number of hydrogen-bond acceptors (Lipinski definition) is 3. The minimum atomic E-state index is -0.460. The van der Waals surface area contributed by atoms with Gasteiger partial charge in [-0.15, -0.1) is 0 Å². The SMILES string of the molecule is c1ccc(C2=NC(c3ccccc3)NC(c3cc4ccccc4cc3-c3ccc(-c4ccc(C5(c6ccccc6)c6ccccc6-c6c5ccc5ccccc65)cc4)cc3)N2)cc1. The Labute approximate surface area is 368 Å². The second-order valence-electron chi connectivity index (χ2n) is 16.7. The molecule has 0 bridgehead atoms. The fraction of sp³-hybridized carbons (Fsp3) is 0.0500. The zero-order valence-corrected chi connectivity index (χ0v) is 34.6. The first-order chi connectivity index (χ1) is 31.2. The predicted octanol–water partition coefficient (Wildman–Crippen LogP) is 14.0. The van der Waals surface area contributed by atoms with Gasteiger partial charge in [0.1, 0.15) is 18.2 Å². The van der Waals surface area contributed by atoms with Gasteiger partial charge in [0.05, 0.1) is 5.41 Å². The summed E-state index contributed by atoms with van der Waals surface area (Å²) in [5.74, 6) is 0.873. The van der Waals surface area contributed by atoms with Gasteiger partial charge in [-0.25, -0.2) is 4.99 Å². The molecule has 63 heavy (non-hydrogen) atoms. The van der Waals surface area contributed by atoms with E-state index in [0.29, 0.717) is 0 Å². The van der Waals surface area contributed by atoms with Crippen molar-refractivity contribution in [2.45, 2.75) is 17.7 Å². The summed E-state index contributed by atoms with van der Waals surface area (Å²) >= 11 is 0. The fourth-order valence-electron chi connectivity index (χ4n) is 10.3. The van der Waals surface area contributed by atoms with E-state index >= 15 is 0 Å². The molecule has 298 valence electrons. The molecule has 10 aromatic carbocycles. The van der Waals surface area contributed by atoms with Crippen LogP contribution >= 0.6 is 0 Å². The summed E-state index contributed by atoms with van der Waals surface area (Å²) in [5.41, 5.74) is 15.4. The summed E-state index contributed by atoms with van der Waals surface area (Å²) in [6.07, 6.45) is -0.417. The predicted molar refractivity (Wildman–Crippen MR) is 261 cm³/mol. The lowest BCUT2D eigenvalue weighted by Crippen LogP contribution is -2.45. The van der Waals surface area contributed by atoms with Crippen LogP contribution in [0.25, 0.3) is 54.9 Å². The lowest BCUT2D eigenvalue weighted by Gasteiger charge is -2.34. The van der Waals surface area contributed by atoms with Crippen molar-refractivity contribution in [1.29, 1.82) is 0 Å². The Kier molecular flexibility index (Phi) is 8.95. The van der Waals surface area contributed by atoms with Gasteiger partial charge in [0.15, 0.2) is 0 Å². The Morgan fingerprint density at radius 1 is 0.397 bits per heavy atom. The highest BCUT2D eigenvalue weighted by Gasteiger charge is 2.46. The summed E-state index contributed by atoms with van der Waals surface area (Å²) in [5, 5.41) is 12.6. The van der Waals surface area contributed by atoms with Crippen LogP contribution in [-0.4, -0.2) is 5.84 Å². The first kappa shape index (κ1) is 37.0. The van der Waals surface area contributed by atoms with E-state index in [4.69, 9.17) is 4.99 Å². The molecule has 1 aliphatic carbocycles. The summed E-state index contributed by atoms with van der Waals surface area (Å²) in [6.45, 7) is 0. The molecule has 2 aliphatic rings. The second-order valence-corrected chi connectivity index (χ2v) is 16.7. The van der Waals surface area contributed by atoms with Crippen LogP contribution in [0.4, 0.5) is 0 Å². The molecule has 0 fully saturated rings. The number of hydrogen-bond donors (Lipinski definition) is 2. The number of nitrogens with zero attached hydrogens (tertiary/aromatic N) is 1. The largest absolute Gasteiger partial charge is 0.350 e. The van der Waals surface area contributed by atoms with Crippen LogP contribution in [0, 0.1) is 0 Å². The molecule has 0 aromatic heterocycles. The van der Waals surface area contributed by atoms with Crippen molar-refractivity contribution in [2.24, 2.45) is 4.99 Å². The number of aliphatic imine (C=N–C) groups is 1. The van der Waals surface area contributed by atoms with Gasteiger partial charge >= 0.3 is 0 Å². The van der Waals surface area contributed by atoms with Crippen LogP contribution in [0.2, 0.25) is 0 Å². The minimum absolute atomic E-state index is 0.199. The fourth-order valence-corrected chi connectivity index (χ4v) is 10.3. The summed E-state index contributed by atoms with van der Waals surface area (Å²) in [6, 6.07) is 86.2. The van der Waals surface area contributed by atoms with Gasteiger partial charge < -0.3 is 5.32 Å². The number of amidine groups is 1. The molecule has 0 amide bonds. The van der Waals surface area contributed by atoms with Crippen molar-refractivity contribution in [2.75, 3.05) is 0 Å². The lowest BCUT2D eigenvalue weighted by molar-refractivity contribution is 0.410. The van der Waals surface area contributed by atoms with Crippen LogP contribution in [0.5, 0.6) is 0 Å². The maximum atomic E-state index is 5.19. The molecule has 2 N–H and O–H groups in total. The van der Waals surface area contributed by atoms with E-state index in [-0.39, 0.29) is 12.3 Å². The normalized spacial score (nSPS) is 17.7. The first-order valence-electron chi connectivity index (χ1n) is 21.8. The third kappa shape index (κ3) is 6.20. The van der Waals surface area contributed by atoms with E-state index < -0.39 is 5.41 Å². The molecule has 3 unspecified atom stereocenters. The van der Waals surface area contributed by atoms with Crippen molar-refractivity contribution in [3.8, 4) is 33.4 Å². The van der Waals surface area contributed by atoms with Gasteiger partial charge in [0, 0.05) is 5.56 Å². The lowest BCUT2D eigenvalue weighted by atomic mass is 9.67. The highest BCUT2D eigenvalue weighted by molar-refractivity contribution is 6.04. The average molecular weight is 806 g/mol. The van der Waals surface area contributed by atoms with E-state index in [1.54, 1.807) is 0 Å².